The zero-order valence-electron chi connectivity index (χ0n) is 19.2. The maximum Gasteiger partial charge on any atom is 0.453 e. The van der Waals surface area contributed by atoms with Crippen molar-refractivity contribution in [2.75, 3.05) is 30.4 Å². The van der Waals surface area contributed by atoms with Crippen LogP contribution in [-0.2, 0) is 19.1 Å². The molecule has 11 heteroatoms. The second-order valence-corrected chi connectivity index (χ2v) is 8.63. The van der Waals surface area contributed by atoms with E-state index in [9.17, 15) is 13.2 Å². The highest BCUT2D eigenvalue weighted by atomic mass is 19.4. The van der Waals surface area contributed by atoms with E-state index in [1.165, 1.54) is 0 Å². The van der Waals surface area contributed by atoms with Gasteiger partial charge >= 0.3 is 6.18 Å². The molecule has 1 aliphatic rings. The van der Waals surface area contributed by atoms with Gasteiger partial charge in [0.1, 0.15) is 5.82 Å². The minimum atomic E-state index is -4.64. The molecule has 176 valence electrons. The first-order valence-electron chi connectivity index (χ1n) is 10.8. The van der Waals surface area contributed by atoms with E-state index in [2.05, 4.69) is 31.3 Å². The Bertz CT molecular complexity index is 1380. The monoisotopic (exact) mass is 468 g/mol. The van der Waals surface area contributed by atoms with Crippen molar-refractivity contribution in [1.82, 2.24) is 29.8 Å². The highest BCUT2D eigenvalue weighted by molar-refractivity contribution is 5.65. The Morgan fingerprint density at radius 3 is 2.41 bits per heavy atom. The minimum absolute atomic E-state index is 0.114. The van der Waals surface area contributed by atoms with Crippen molar-refractivity contribution in [2.45, 2.75) is 33.0 Å². The summed E-state index contributed by atoms with van der Waals surface area (Å²) in [4.78, 5) is 13.0. The molecule has 0 spiro atoms. The first-order valence-corrected chi connectivity index (χ1v) is 10.8. The SMILES string of the molecule is Cc1c(N2CCc3ncc(-c4ccc(N(C)C)nc4)cc3C2)nn2c(C(F)(F)F)nnc2c1C. The molecule has 1 aliphatic heterocycles. The molecule has 0 bridgehead atoms. The van der Waals surface area contributed by atoms with Gasteiger partial charge < -0.3 is 9.80 Å². The Balaban J connectivity index is 1.51. The summed E-state index contributed by atoms with van der Waals surface area (Å²) in [5, 5.41) is 11.4. The van der Waals surface area contributed by atoms with Crippen LogP contribution in [0.3, 0.4) is 0 Å². The largest absolute Gasteiger partial charge is 0.453 e. The van der Waals surface area contributed by atoms with Crippen molar-refractivity contribution in [3.63, 3.8) is 0 Å². The molecule has 5 heterocycles. The normalized spacial score (nSPS) is 13.9. The van der Waals surface area contributed by atoms with E-state index in [0.717, 1.165) is 38.3 Å². The number of hydrogen-bond acceptors (Lipinski definition) is 7. The van der Waals surface area contributed by atoms with Gasteiger partial charge in [0.25, 0.3) is 5.82 Å². The molecule has 0 aliphatic carbocycles. The number of halogens is 3. The van der Waals surface area contributed by atoms with Crippen LogP contribution in [0.4, 0.5) is 24.8 Å². The zero-order valence-corrected chi connectivity index (χ0v) is 19.2. The van der Waals surface area contributed by atoms with E-state index in [-0.39, 0.29) is 5.65 Å². The molecular weight excluding hydrogens is 445 g/mol. The molecule has 4 aromatic heterocycles. The van der Waals surface area contributed by atoms with Gasteiger partial charge in [-0.1, -0.05) is 0 Å². The van der Waals surface area contributed by atoms with Crippen LogP contribution in [0, 0.1) is 13.8 Å². The number of fused-ring (bicyclic) bond motifs is 2. The highest BCUT2D eigenvalue weighted by Gasteiger charge is 2.38. The standard InChI is InChI=1S/C23H23F3N8/c1-13-14(2)21(31-34-20(13)29-30-22(34)23(24,25)26)33-8-7-18-17(12-33)9-16(11-27-18)15-5-6-19(28-10-15)32(3)4/h5-6,9-11H,7-8,12H2,1-4H3. The highest BCUT2D eigenvalue weighted by Crippen LogP contribution is 2.33. The molecule has 0 amide bonds. The van der Waals surface area contributed by atoms with Gasteiger partial charge in [0.05, 0.1) is 0 Å². The van der Waals surface area contributed by atoms with Gasteiger partial charge in [-0.05, 0) is 37.6 Å². The van der Waals surface area contributed by atoms with Crippen LogP contribution in [0.15, 0.2) is 30.6 Å². The summed E-state index contributed by atoms with van der Waals surface area (Å²) in [6.07, 6.45) is -0.324. The lowest BCUT2D eigenvalue weighted by Crippen LogP contribution is -2.33. The van der Waals surface area contributed by atoms with Gasteiger partial charge in [-0.3, -0.25) is 4.98 Å². The van der Waals surface area contributed by atoms with E-state index in [0.29, 0.717) is 30.9 Å². The number of alkyl halides is 3. The number of aromatic nitrogens is 6. The number of hydrogen-bond donors (Lipinski definition) is 0. The van der Waals surface area contributed by atoms with E-state index in [4.69, 9.17) is 0 Å². The average Bonchev–Trinajstić information content (AvgIpc) is 3.25. The van der Waals surface area contributed by atoms with Crippen molar-refractivity contribution in [3.05, 3.63) is 58.8 Å². The summed E-state index contributed by atoms with van der Waals surface area (Å²) >= 11 is 0. The van der Waals surface area contributed by atoms with Crippen molar-refractivity contribution in [3.8, 4) is 11.1 Å². The van der Waals surface area contributed by atoms with E-state index in [1.807, 2.05) is 55.3 Å². The first kappa shape index (κ1) is 22.1. The topological polar surface area (TPSA) is 75.3 Å². The molecule has 34 heavy (non-hydrogen) atoms. The summed E-state index contributed by atoms with van der Waals surface area (Å²) in [5.41, 5.74) is 5.40. The molecule has 4 aromatic rings. The minimum Gasteiger partial charge on any atom is -0.363 e. The Morgan fingerprint density at radius 2 is 1.74 bits per heavy atom. The lowest BCUT2D eigenvalue weighted by molar-refractivity contribution is -0.146. The first-order chi connectivity index (χ1) is 16.1. The van der Waals surface area contributed by atoms with Crippen LogP contribution in [0.5, 0.6) is 0 Å². The van der Waals surface area contributed by atoms with E-state index in [1.54, 1.807) is 6.92 Å². The smallest absolute Gasteiger partial charge is 0.363 e. The van der Waals surface area contributed by atoms with Gasteiger partial charge in [0.15, 0.2) is 11.5 Å². The second kappa shape index (κ2) is 7.93. The average molecular weight is 468 g/mol. The van der Waals surface area contributed by atoms with Crippen LogP contribution in [-0.4, -0.2) is 50.4 Å². The Morgan fingerprint density at radius 1 is 0.971 bits per heavy atom. The quantitative estimate of drug-likeness (QED) is 0.452. The molecule has 0 atom stereocenters. The van der Waals surface area contributed by atoms with Crippen LogP contribution in [0.2, 0.25) is 0 Å². The summed E-state index contributed by atoms with van der Waals surface area (Å²) in [6.45, 7) is 4.68. The number of nitrogens with zero attached hydrogens (tertiary/aromatic N) is 8. The Labute approximate surface area is 194 Å². The molecule has 0 aromatic carbocycles. The summed E-state index contributed by atoms with van der Waals surface area (Å²) in [7, 11) is 3.87. The molecule has 0 N–H and O–H groups in total. The van der Waals surface area contributed by atoms with Crippen LogP contribution >= 0.6 is 0 Å². The fourth-order valence-corrected chi connectivity index (χ4v) is 4.18. The second-order valence-electron chi connectivity index (χ2n) is 8.63. The van der Waals surface area contributed by atoms with Crippen molar-refractivity contribution >= 4 is 17.3 Å². The summed E-state index contributed by atoms with van der Waals surface area (Å²) < 4.78 is 41.1. The van der Waals surface area contributed by atoms with Gasteiger partial charge in [-0.25, -0.2) is 4.98 Å². The van der Waals surface area contributed by atoms with Crippen LogP contribution < -0.4 is 9.80 Å². The molecular formula is C23H23F3N8. The summed E-state index contributed by atoms with van der Waals surface area (Å²) in [6, 6.07) is 6.02. The molecule has 5 rings (SSSR count). The maximum atomic E-state index is 13.4. The van der Waals surface area contributed by atoms with Gasteiger partial charge in [0.2, 0.25) is 0 Å². The molecule has 8 nitrogen and oxygen atoms in total. The van der Waals surface area contributed by atoms with Gasteiger partial charge in [-0.2, -0.15) is 17.7 Å². The third-order valence-electron chi connectivity index (χ3n) is 6.20. The third-order valence-corrected chi connectivity index (χ3v) is 6.20. The Hall–Kier alpha value is -3.76. The van der Waals surface area contributed by atoms with Crippen molar-refractivity contribution in [2.24, 2.45) is 0 Å². The van der Waals surface area contributed by atoms with Gasteiger partial charge in [0, 0.05) is 73.9 Å². The van der Waals surface area contributed by atoms with Crippen LogP contribution in [0.25, 0.3) is 16.8 Å². The predicted molar refractivity (Wildman–Crippen MR) is 122 cm³/mol. The number of aryl methyl sites for hydroxylation is 1. The van der Waals surface area contributed by atoms with Gasteiger partial charge in [-0.15, -0.1) is 15.3 Å². The van der Waals surface area contributed by atoms with E-state index < -0.39 is 12.0 Å². The fourth-order valence-electron chi connectivity index (χ4n) is 4.18. The number of rotatable bonds is 3. The molecule has 0 fully saturated rings. The van der Waals surface area contributed by atoms with Crippen LogP contribution in [0.1, 0.15) is 28.2 Å². The molecule has 0 saturated carbocycles. The zero-order chi connectivity index (χ0) is 24.2. The molecule has 0 radical (unpaired) electrons. The Kier molecular flexibility index (Phi) is 5.14. The number of anilines is 2. The lowest BCUT2D eigenvalue weighted by atomic mass is 10.0. The maximum absolute atomic E-state index is 13.4. The lowest BCUT2D eigenvalue weighted by Gasteiger charge is -2.31. The molecule has 0 unspecified atom stereocenters. The number of pyridine rings is 2. The fraction of sp³-hybridized carbons (Fsp3) is 0.348. The predicted octanol–water partition coefficient (Wildman–Crippen LogP) is 3.85. The third kappa shape index (κ3) is 3.70. The van der Waals surface area contributed by atoms with Crippen molar-refractivity contribution < 1.29 is 13.2 Å². The summed E-state index contributed by atoms with van der Waals surface area (Å²) in [5.74, 6) is 0.227. The van der Waals surface area contributed by atoms with Crippen molar-refractivity contribution in [1.29, 1.82) is 0 Å². The van der Waals surface area contributed by atoms with E-state index >= 15 is 0 Å². The molecule has 0 saturated heterocycles.